The molecule has 3 aliphatic rings. The highest BCUT2D eigenvalue weighted by Gasteiger charge is 2.30. The minimum absolute atomic E-state index is 0.101. The second-order valence-electron chi connectivity index (χ2n) is 8.06. The SMILES string of the molecule is OC1CCCCC1NCCCN1CCN(C2CCCCC2O)CC1. The Hall–Kier alpha value is -0.200. The zero-order valence-electron chi connectivity index (χ0n) is 15.2. The third kappa shape index (κ3) is 5.15. The Morgan fingerprint density at radius 2 is 1.46 bits per heavy atom. The molecule has 0 aromatic heterocycles. The molecule has 24 heavy (non-hydrogen) atoms. The van der Waals surface area contributed by atoms with Crippen molar-refractivity contribution in [2.24, 2.45) is 0 Å². The van der Waals surface area contributed by atoms with Gasteiger partial charge in [0.05, 0.1) is 12.2 Å². The van der Waals surface area contributed by atoms with E-state index in [0.29, 0.717) is 12.1 Å². The van der Waals surface area contributed by atoms with E-state index in [1.807, 2.05) is 0 Å². The Bertz CT molecular complexity index is 361. The van der Waals surface area contributed by atoms with Gasteiger partial charge in [-0.05, 0) is 45.2 Å². The second kappa shape index (κ2) is 9.48. The topological polar surface area (TPSA) is 59.0 Å². The van der Waals surface area contributed by atoms with E-state index in [4.69, 9.17) is 0 Å². The van der Waals surface area contributed by atoms with Crippen molar-refractivity contribution in [3.63, 3.8) is 0 Å². The maximum absolute atomic E-state index is 10.2. The molecule has 0 radical (unpaired) electrons. The molecule has 3 N–H and O–H groups in total. The fraction of sp³-hybridized carbons (Fsp3) is 1.00. The third-order valence-corrected chi connectivity index (χ3v) is 6.36. The van der Waals surface area contributed by atoms with Gasteiger partial charge in [-0.1, -0.05) is 25.7 Å². The first-order valence-corrected chi connectivity index (χ1v) is 10.3. The molecule has 5 heteroatoms. The van der Waals surface area contributed by atoms with E-state index in [1.165, 1.54) is 32.1 Å². The van der Waals surface area contributed by atoms with Gasteiger partial charge < -0.3 is 20.4 Å². The summed E-state index contributed by atoms with van der Waals surface area (Å²) in [6, 6.07) is 0.735. The molecule has 140 valence electrons. The highest BCUT2D eigenvalue weighted by atomic mass is 16.3. The fourth-order valence-electron chi connectivity index (χ4n) is 4.78. The first-order chi connectivity index (χ1) is 11.7. The quantitative estimate of drug-likeness (QED) is 0.635. The number of nitrogens with zero attached hydrogens (tertiary/aromatic N) is 2. The van der Waals surface area contributed by atoms with Crippen molar-refractivity contribution in [2.75, 3.05) is 39.3 Å². The average Bonchev–Trinajstić information content (AvgIpc) is 2.61. The molecule has 1 aliphatic heterocycles. The van der Waals surface area contributed by atoms with E-state index in [2.05, 4.69) is 15.1 Å². The van der Waals surface area contributed by atoms with E-state index < -0.39 is 0 Å². The van der Waals surface area contributed by atoms with Gasteiger partial charge in [-0.3, -0.25) is 4.90 Å². The van der Waals surface area contributed by atoms with E-state index in [-0.39, 0.29) is 12.2 Å². The summed E-state index contributed by atoms with van der Waals surface area (Å²) in [5.74, 6) is 0. The average molecular weight is 340 g/mol. The van der Waals surface area contributed by atoms with Gasteiger partial charge in [0.25, 0.3) is 0 Å². The van der Waals surface area contributed by atoms with Gasteiger partial charge >= 0.3 is 0 Å². The predicted octanol–water partition coefficient (Wildman–Crippen LogP) is 1.19. The maximum Gasteiger partial charge on any atom is 0.0695 e. The lowest BCUT2D eigenvalue weighted by molar-refractivity contribution is -0.00368. The smallest absolute Gasteiger partial charge is 0.0695 e. The van der Waals surface area contributed by atoms with Gasteiger partial charge in [0.2, 0.25) is 0 Å². The molecule has 1 heterocycles. The van der Waals surface area contributed by atoms with Crippen molar-refractivity contribution in [1.29, 1.82) is 0 Å². The maximum atomic E-state index is 10.2. The summed E-state index contributed by atoms with van der Waals surface area (Å²) in [7, 11) is 0. The van der Waals surface area contributed by atoms with E-state index in [1.54, 1.807) is 0 Å². The summed E-state index contributed by atoms with van der Waals surface area (Å²) >= 11 is 0. The molecule has 4 atom stereocenters. The van der Waals surface area contributed by atoms with Gasteiger partial charge in [-0.2, -0.15) is 0 Å². The summed E-state index contributed by atoms with van der Waals surface area (Å²) in [6.07, 6.45) is 10.1. The summed E-state index contributed by atoms with van der Waals surface area (Å²) in [6.45, 7) is 6.65. The number of rotatable bonds is 6. The first kappa shape index (κ1) is 18.6. The van der Waals surface area contributed by atoms with Crippen LogP contribution in [0.1, 0.15) is 57.8 Å². The lowest BCUT2D eigenvalue weighted by atomic mass is 9.91. The number of piperazine rings is 1. The molecule has 4 unspecified atom stereocenters. The Balaban J connectivity index is 1.28. The summed E-state index contributed by atoms with van der Waals surface area (Å²) in [5, 5.41) is 23.8. The van der Waals surface area contributed by atoms with Crippen LogP contribution >= 0.6 is 0 Å². The zero-order valence-corrected chi connectivity index (χ0v) is 15.2. The van der Waals surface area contributed by atoms with Crippen molar-refractivity contribution in [3.8, 4) is 0 Å². The van der Waals surface area contributed by atoms with Crippen LogP contribution in [-0.4, -0.2) is 83.6 Å². The third-order valence-electron chi connectivity index (χ3n) is 6.36. The van der Waals surface area contributed by atoms with Crippen LogP contribution in [0.25, 0.3) is 0 Å². The minimum atomic E-state index is -0.135. The molecule has 0 aromatic rings. The number of nitrogens with one attached hydrogen (secondary N) is 1. The minimum Gasteiger partial charge on any atom is -0.392 e. The molecule has 2 saturated carbocycles. The molecule has 2 aliphatic carbocycles. The normalized spacial score (nSPS) is 36.8. The van der Waals surface area contributed by atoms with E-state index in [9.17, 15) is 10.2 Å². The van der Waals surface area contributed by atoms with Gasteiger partial charge in [-0.25, -0.2) is 0 Å². The first-order valence-electron chi connectivity index (χ1n) is 10.3. The number of hydrogen-bond acceptors (Lipinski definition) is 5. The van der Waals surface area contributed by atoms with Crippen molar-refractivity contribution < 1.29 is 10.2 Å². The molecular weight excluding hydrogens is 302 g/mol. The number of hydrogen-bond donors (Lipinski definition) is 3. The molecular formula is C19H37N3O2. The van der Waals surface area contributed by atoms with E-state index >= 15 is 0 Å². The van der Waals surface area contributed by atoms with E-state index in [0.717, 1.165) is 65.0 Å². The van der Waals surface area contributed by atoms with Crippen molar-refractivity contribution >= 4 is 0 Å². The Labute approximate surface area is 147 Å². The molecule has 0 amide bonds. The Morgan fingerprint density at radius 3 is 2.17 bits per heavy atom. The Kier molecular flexibility index (Phi) is 7.35. The van der Waals surface area contributed by atoms with Gasteiger partial charge in [0, 0.05) is 38.3 Å². The standard InChI is InChI=1S/C19H37N3O2/c23-18-8-3-1-6-16(18)20-10-5-11-21-12-14-22(15-13-21)17-7-2-4-9-19(17)24/h16-20,23-24H,1-15H2. The second-order valence-corrected chi connectivity index (χ2v) is 8.06. The van der Waals surface area contributed by atoms with Crippen LogP contribution < -0.4 is 5.32 Å². The highest BCUT2D eigenvalue weighted by molar-refractivity contribution is 4.86. The number of aliphatic hydroxyl groups is 2. The van der Waals surface area contributed by atoms with Crippen LogP contribution in [-0.2, 0) is 0 Å². The van der Waals surface area contributed by atoms with Gasteiger partial charge in [0.1, 0.15) is 0 Å². The van der Waals surface area contributed by atoms with Crippen molar-refractivity contribution in [2.45, 2.75) is 82.1 Å². The number of aliphatic hydroxyl groups excluding tert-OH is 2. The molecule has 3 rings (SSSR count). The van der Waals surface area contributed by atoms with Gasteiger partial charge in [0.15, 0.2) is 0 Å². The summed E-state index contributed by atoms with van der Waals surface area (Å²) in [5.41, 5.74) is 0. The molecule has 0 bridgehead atoms. The van der Waals surface area contributed by atoms with Crippen molar-refractivity contribution in [3.05, 3.63) is 0 Å². The highest BCUT2D eigenvalue weighted by Crippen LogP contribution is 2.24. The largest absolute Gasteiger partial charge is 0.392 e. The molecule has 3 fully saturated rings. The van der Waals surface area contributed by atoms with Crippen LogP contribution in [0.2, 0.25) is 0 Å². The van der Waals surface area contributed by atoms with Crippen LogP contribution in [0, 0.1) is 0 Å². The van der Waals surface area contributed by atoms with Crippen LogP contribution in [0.3, 0.4) is 0 Å². The molecule has 0 aromatic carbocycles. The van der Waals surface area contributed by atoms with Gasteiger partial charge in [-0.15, -0.1) is 0 Å². The fourth-order valence-corrected chi connectivity index (χ4v) is 4.78. The van der Waals surface area contributed by atoms with Crippen molar-refractivity contribution in [1.82, 2.24) is 15.1 Å². The van der Waals surface area contributed by atoms with Crippen LogP contribution in [0.5, 0.6) is 0 Å². The van der Waals surface area contributed by atoms with Crippen LogP contribution in [0.15, 0.2) is 0 Å². The lowest BCUT2D eigenvalue weighted by Gasteiger charge is -2.42. The summed E-state index contributed by atoms with van der Waals surface area (Å²) < 4.78 is 0. The molecule has 0 spiro atoms. The predicted molar refractivity (Wildman–Crippen MR) is 97.2 cm³/mol. The van der Waals surface area contributed by atoms with Crippen LogP contribution in [0.4, 0.5) is 0 Å². The monoisotopic (exact) mass is 339 g/mol. The lowest BCUT2D eigenvalue weighted by Crippen LogP contribution is -2.54. The summed E-state index contributed by atoms with van der Waals surface area (Å²) in [4.78, 5) is 5.08. The molecule has 5 nitrogen and oxygen atoms in total. The zero-order chi connectivity index (χ0) is 16.8. The Morgan fingerprint density at radius 1 is 0.792 bits per heavy atom. The molecule has 1 saturated heterocycles.